The zero-order valence-electron chi connectivity index (χ0n) is 14.8. The van der Waals surface area contributed by atoms with Crippen molar-refractivity contribution in [3.05, 3.63) is 35.4 Å². The van der Waals surface area contributed by atoms with Crippen molar-refractivity contribution in [1.29, 1.82) is 0 Å². The van der Waals surface area contributed by atoms with E-state index in [1.54, 1.807) is 29.2 Å². The highest BCUT2D eigenvalue weighted by Gasteiger charge is 2.64. The van der Waals surface area contributed by atoms with Crippen molar-refractivity contribution < 1.29 is 22.8 Å². The number of rotatable bonds is 5. The Morgan fingerprint density at radius 1 is 1.19 bits per heavy atom. The van der Waals surface area contributed by atoms with Gasteiger partial charge in [-0.2, -0.15) is 13.2 Å². The van der Waals surface area contributed by atoms with E-state index in [0.717, 1.165) is 5.56 Å². The van der Waals surface area contributed by atoms with Crippen LogP contribution in [0.25, 0.3) is 0 Å². The third kappa shape index (κ3) is 3.37. The minimum Gasteiger partial charge on any atom is -0.341 e. The number of hydrogen-bond donors (Lipinski definition) is 2. The monoisotopic (exact) mass is 381 g/mol. The first-order valence-corrected chi connectivity index (χ1v) is 9.28. The molecule has 2 N–H and O–H groups in total. The Morgan fingerprint density at radius 3 is 2.37 bits per heavy atom. The van der Waals surface area contributed by atoms with Crippen LogP contribution < -0.4 is 10.6 Å². The van der Waals surface area contributed by atoms with Crippen molar-refractivity contribution in [2.24, 2.45) is 0 Å². The number of benzene rings is 1. The van der Waals surface area contributed by atoms with E-state index in [2.05, 4.69) is 10.6 Å². The van der Waals surface area contributed by atoms with Gasteiger partial charge < -0.3 is 15.5 Å². The molecule has 1 aliphatic carbocycles. The fraction of sp³-hybridized carbons (Fsp3) is 0.579. The molecular weight excluding hydrogens is 359 g/mol. The molecule has 2 heterocycles. The molecule has 0 spiro atoms. The molecule has 2 aliphatic heterocycles. The van der Waals surface area contributed by atoms with Crippen molar-refractivity contribution >= 4 is 11.9 Å². The summed E-state index contributed by atoms with van der Waals surface area (Å²) in [6, 6.07) is 6.53. The largest absolute Gasteiger partial charge is 0.398 e. The lowest BCUT2D eigenvalue weighted by Gasteiger charge is -2.40. The normalized spacial score (nSPS) is 24.2. The zero-order valence-corrected chi connectivity index (χ0v) is 14.8. The van der Waals surface area contributed by atoms with E-state index in [-0.39, 0.29) is 36.7 Å². The average Bonchev–Trinajstić information content (AvgIpc) is 3.30. The molecule has 3 amide bonds. The molecule has 3 aliphatic rings. The van der Waals surface area contributed by atoms with E-state index >= 15 is 0 Å². The van der Waals surface area contributed by atoms with Crippen LogP contribution in [0.1, 0.15) is 42.7 Å². The summed E-state index contributed by atoms with van der Waals surface area (Å²) in [7, 11) is 0. The van der Waals surface area contributed by atoms with Crippen molar-refractivity contribution in [3.63, 3.8) is 0 Å². The van der Waals surface area contributed by atoms with Crippen molar-refractivity contribution in [2.45, 2.75) is 49.2 Å². The number of alkyl halides is 3. The van der Waals surface area contributed by atoms with Gasteiger partial charge in [0.15, 0.2) is 0 Å². The number of likely N-dealkylation sites (tertiary alicyclic amines) is 1. The van der Waals surface area contributed by atoms with Crippen LogP contribution in [0.2, 0.25) is 0 Å². The van der Waals surface area contributed by atoms with Crippen molar-refractivity contribution in [3.8, 4) is 0 Å². The summed E-state index contributed by atoms with van der Waals surface area (Å²) in [6.45, 7) is 1.73. The maximum absolute atomic E-state index is 13.2. The number of carbonyl (C=O) groups is 2. The molecule has 27 heavy (non-hydrogen) atoms. The Hall–Kier alpha value is -2.25. The molecule has 4 rings (SSSR count). The van der Waals surface area contributed by atoms with Crippen LogP contribution in [-0.2, 0) is 10.2 Å². The van der Waals surface area contributed by atoms with Gasteiger partial charge in [0, 0.05) is 38.0 Å². The maximum atomic E-state index is 13.2. The molecule has 1 saturated carbocycles. The van der Waals surface area contributed by atoms with Crippen LogP contribution in [0, 0.1) is 0 Å². The van der Waals surface area contributed by atoms with E-state index in [1.807, 2.05) is 0 Å². The van der Waals surface area contributed by atoms with E-state index in [0.29, 0.717) is 38.0 Å². The Balaban J connectivity index is 1.27. The van der Waals surface area contributed by atoms with Crippen LogP contribution in [0.5, 0.6) is 0 Å². The first-order valence-electron chi connectivity index (χ1n) is 9.28. The van der Waals surface area contributed by atoms with Gasteiger partial charge in [0.1, 0.15) is 0 Å². The molecule has 1 unspecified atom stereocenters. The van der Waals surface area contributed by atoms with E-state index in [4.69, 9.17) is 0 Å². The van der Waals surface area contributed by atoms with Crippen LogP contribution in [-0.4, -0.2) is 48.7 Å². The molecule has 8 heteroatoms. The first-order chi connectivity index (χ1) is 12.8. The van der Waals surface area contributed by atoms with Gasteiger partial charge in [-0.1, -0.05) is 24.3 Å². The summed E-state index contributed by atoms with van der Waals surface area (Å²) in [5.74, 6) is 0.231. The SMILES string of the molecule is O=C1NCC(CCC(=O)N2CC(c3ccc(C4(C(F)(F)F)CC4)cc3)C2)N1. The highest BCUT2D eigenvalue weighted by Crippen LogP contribution is 2.58. The Morgan fingerprint density at radius 2 is 1.85 bits per heavy atom. The van der Waals surface area contributed by atoms with Crippen LogP contribution in [0.3, 0.4) is 0 Å². The summed E-state index contributed by atoms with van der Waals surface area (Å²) >= 11 is 0. The lowest BCUT2D eigenvalue weighted by molar-refractivity contribution is -0.160. The van der Waals surface area contributed by atoms with E-state index in [1.165, 1.54) is 0 Å². The molecule has 3 fully saturated rings. The fourth-order valence-corrected chi connectivity index (χ4v) is 3.96. The van der Waals surface area contributed by atoms with E-state index < -0.39 is 11.6 Å². The highest BCUT2D eigenvalue weighted by molar-refractivity contribution is 5.78. The second-order valence-corrected chi connectivity index (χ2v) is 7.79. The van der Waals surface area contributed by atoms with Crippen LogP contribution in [0.15, 0.2) is 24.3 Å². The third-order valence-electron chi connectivity index (χ3n) is 6.01. The average molecular weight is 381 g/mol. The van der Waals surface area contributed by atoms with Gasteiger partial charge in [-0.25, -0.2) is 4.79 Å². The molecule has 1 atom stereocenters. The quantitative estimate of drug-likeness (QED) is 0.824. The molecule has 146 valence electrons. The second kappa shape index (κ2) is 6.42. The lowest BCUT2D eigenvalue weighted by atomic mass is 9.88. The minimum atomic E-state index is -4.19. The predicted molar refractivity (Wildman–Crippen MR) is 92.3 cm³/mol. The number of halogens is 3. The minimum absolute atomic E-state index is 0.00514. The summed E-state index contributed by atoms with van der Waals surface area (Å²) < 4.78 is 39.6. The topological polar surface area (TPSA) is 61.4 Å². The zero-order chi connectivity index (χ0) is 19.2. The molecule has 1 aromatic rings. The molecule has 0 radical (unpaired) electrons. The molecule has 1 aromatic carbocycles. The Labute approximate surface area is 155 Å². The van der Waals surface area contributed by atoms with Gasteiger partial charge >= 0.3 is 12.2 Å². The molecule has 0 bridgehead atoms. The van der Waals surface area contributed by atoms with Gasteiger partial charge in [0.05, 0.1) is 5.41 Å². The summed E-state index contributed by atoms with van der Waals surface area (Å²) in [6.07, 6.45) is -2.88. The summed E-state index contributed by atoms with van der Waals surface area (Å²) in [5, 5.41) is 5.41. The summed E-state index contributed by atoms with van der Waals surface area (Å²) in [5.41, 5.74) is -0.316. The standard InChI is InChI=1S/C19H22F3N3O2/c20-19(21,22)18(7-8-18)14-3-1-12(2-4-14)13-10-25(11-13)16(26)6-5-15-9-23-17(27)24-15/h1-4,13,15H,5-11H2,(H2,23,24,27). The number of nitrogens with one attached hydrogen (secondary N) is 2. The number of urea groups is 1. The van der Waals surface area contributed by atoms with Gasteiger partial charge in [0.2, 0.25) is 5.91 Å². The fourth-order valence-electron chi connectivity index (χ4n) is 3.96. The smallest absolute Gasteiger partial charge is 0.341 e. The third-order valence-corrected chi connectivity index (χ3v) is 6.01. The van der Waals surface area contributed by atoms with Gasteiger partial charge in [0.25, 0.3) is 0 Å². The highest BCUT2D eigenvalue weighted by atomic mass is 19.4. The maximum Gasteiger partial charge on any atom is 0.398 e. The first kappa shape index (κ1) is 18.1. The van der Waals surface area contributed by atoms with Crippen molar-refractivity contribution in [1.82, 2.24) is 15.5 Å². The number of amides is 3. The Bertz CT molecular complexity index is 738. The number of carbonyl (C=O) groups excluding carboxylic acids is 2. The lowest BCUT2D eigenvalue weighted by Crippen LogP contribution is -2.48. The second-order valence-electron chi connectivity index (χ2n) is 7.79. The Kier molecular flexibility index (Phi) is 4.31. The van der Waals surface area contributed by atoms with Crippen LogP contribution >= 0.6 is 0 Å². The number of hydrogen-bond acceptors (Lipinski definition) is 2. The summed E-state index contributed by atoms with van der Waals surface area (Å²) in [4.78, 5) is 25.0. The predicted octanol–water partition coefficient (Wildman–Crippen LogP) is 2.67. The van der Waals surface area contributed by atoms with Crippen LogP contribution in [0.4, 0.5) is 18.0 Å². The van der Waals surface area contributed by atoms with Gasteiger partial charge in [-0.15, -0.1) is 0 Å². The van der Waals surface area contributed by atoms with Gasteiger partial charge in [-0.3, -0.25) is 4.79 Å². The number of nitrogens with zero attached hydrogens (tertiary/aromatic N) is 1. The molecule has 2 saturated heterocycles. The van der Waals surface area contributed by atoms with Crippen molar-refractivity contribution in [2.75, 3.05) is 19.6 Å². The molecular formula is C19H22F3N3O2. The van der Waals surface area contributed by atoms with E-state index in [9.17, 15) is 22.8 Å². The molecule has 0 aromatic heterocycles. The van der Waals surface area contributed by atoms with Gasteiger partial charge in [-0.05, 0) is 30.4 Å². The molecule has 5 nitrogen and oxygen atoms in total.